The summed E-state index contributed by atoms with van der Waals surface area (Å²) in [6, 6.07) is 8.23. The fourth-order valence-electron chi connectivity index (χ4n) is 3.42. The van der Waals surface area contributed by atoms with Crippen LogP contribution >= 0.6 is 11.6 Å². The van der Waals surface area contributed by atoms with Gasteiger partial charge in [-0.2, -0.15) is 0 Å². The van der Waals surface area contributed by atoms with Crippen LogP contribution in [0.4, 0.5) is 0 Å². The molecule has 1 amide bonds. The number of nitrogens with zero attached hydrogens (tertiary/aromatic N) is 4. The van der Waals surface area contributed by atoms with E-state index in [0.717, 1.165) is 37.7 Å². The smallest absolute Gasteiger partial charge is 0.275 e. The Morgan fingerprint density at radius 1 is 1.14 bits per heavy atom. The normalized spacial score (nSPS) is 16.6. The maximum Gasteiger partial charge on any atom is 0.275 e. The number of rotatable bonds is 7. The molecule has 1 unspecified atom stereocenters. The quantitative estimate of drug-likeness (QED) is 0.685. The Balaban J connectivity index is 1.69. The van der Waals surface area contributed by atoms with E-state index in [1.54, 1.807) is 0 Å². The van der Waals surface area contributed by atoms with E-state index in [-0.39, 0.29) is 5.91 Å². The van der Waals surface area contributed by atoms with Gasteiger partial charge in [-0.25, -0.2) is 4.98 Å². The topological polar surface area (TPSA) is 52.8 Å². The van der Waals surface area contributed by atoms with Crippen molar-refractivity contribution >= 4 is 17.5 Å². The largest absolute Gasteiger partial charge is 0.447 e. The standard InChI is InChI=1S/C22H31ClN4O2/c1-16(2)17(3)27(13-18-5-7-19(23)8-6-18)14-21-24-20(15-29-21)22(28)26-11-9-25(4)10-12-26/h5-8,15-17H,9-14H2,1-4H3. The van der Waals surface area contributed by atoms with Gasteiger partial charge in [0, 0.05) is 43.8 Å². The molecule has 7 heteroatoms. The van der Waals surface area contributed by atoms with Crippen LogP contribution in [0.2, 0.25) is 5.02 Å². The molecule has 0 spiro atoms. The molecule has 1 atom stereocenters. The van der Waals surface area contributed by atoms with Crippen LogP contribution < -0.4 is 0 Å². The van der Waals surface area contributed by atoms with E-state index in [9.17, 15) is 4.79 Å². The minimum Gasteiger partial charge on any atom is -0.447 e. The Hall–Kier alpha value is -1.89. The highest BCUT2D eigenvalue weighted by Gasteiger charge is 2.25. The molecule has 0 saturated carbocycles. The molecule has 3 rings (SSSR count). The lowest BCUT2D eigenvalue weighted by atomic mass is 10.0. The van der Waals surface area contributed by atoms with Gasteiger partial charge in [0.1, 0.15) is 6.26 Å². The minimum atomic E-state index is -0.0470. The summed E-state index contributed by atoms with van der Waals surface area (Å²) in [5.41, 5.74) is 1.58. The second-order valence-electron chi connectivity index (χ2n) is 8.24. The third-order valence-electron chi connectivity index (χ3n) is 5.74. The van der Waals surface area contributed by atoms with Gasteiger partial charge in [0.2, 0.25) is 5.89 Å². The molecular weight excluding hydrogens is 388 g/mol. The van der Waals surface area contributed by atoms with Gasteiger partial charge in [-0.15, -0.1) is 0 Å². The molecule has 1 aromatic carbocycles. The summed E-state index contributed by atoms with van der Waals surface area (Å²) >= 11 is 6.02. The SMILES string of the molecule is CC(C)C(C)N(Cc1ccc(Cl)cc1)Cc1nc(C(=O)N2CCN(C)CC2)co1. The van der Waals surface area contributed by atoms with Gasteiger partial charge < -0.3 is 14.2 Å². The number of carbonyl (C=O) groups is 1. The average molecular weight is 419 g/mol. The fraction of sp³-hybridized carbons (Fsp3) is 0.545. The lowest BCUT2D eigenvalue weighted by Gasteiger charge is -2.31. The summed E-state index contributed by atoms with van der Waals surface area (Å²) < 4.78 is 5.68. The van der Waals surface area contributed by atoms with Crippen LogP contribution in [0.15, 0.2) is 34.9 Å². The second-order valence-corrected chi connectivity index (χ2v) is 8.67. The van der Waals surface area contributed by atoms with E-state index in [1.165, 1.54) is 11.8 Å². The number of oxazole rings is 1. The maximum atomic E-state index is 12.7. The average Bonchev–Trinajstić information content (AvgIpc) is 3.17. The number of piperazine rings is 1. The van der Waals surface area contributed by atoms with Crippen molar-refractivity contribution in [2.24, 2.45) is 5.92 Å². The predicted molar refractivity (Wildman–Crippen MR) is 115 cm³/mol. The molecule has 6 nitrogen and oxygen atoms in total. The van der Waals surface area contributed by atoms with Crippen molar-refractivity contribution in [2.75, 3.05) is 33.2 Å². The number of likely N-dealkylation sites (N-methyl/N-ethyl adjacent to an activating group) is 1. The molecule has 1 saturated heterocycles. The minimum absolute atomic E-state index is 0.0470. The van der Waals surface area contributed by atoms with Gasteiger partial charge in [-0.1, -0.05) is 37.6 Å². The first kappa shape index (κ1) is 21.8. The highest BCUT2D eigenvalue weighted by Crippen LogP contribution is 2.19. The third-order valence-corrected chi connectivity index (χ3v) is 5.99. The first-order chi connectivity index (χ1) is 13.8. The first-order valence-corrected chi connectivity index (χ1v) is 10.6. The molecule has 2 aromatic rings. The summed E-state index contributed by atoms with van der Waals surface area (Å²) in [6.07, 6.45) is 1.50. The van der Waals surface area contributed by atoms with Crippen molar-refractivity contribution in [2.45, 2.75) is 39.9 Å². The van der Waals surface area contributed by atoms with Gasteiger partial charge in [0.25, 0.3) is 5.91 Å². The number of halogens is 1. The van der Waals surface area contributed by atoms with Gasteiger partial charge in [-0.3, -0.25) is 9.69 Å². The first-order valence-electron chi connectivity index (χ1n) is 10.2. The van der Waals surface area contributed by atoms with Gasteiger partial charge >= 0.3 is 0 Å². The summed E-state index contributed by atoms with van der Waals surface area (Å²) in [6.45, 7) is 11.2. The maximum absolute atomic E-state index is 12.7. The number of amides is 1. The molecule has 0 N–H and O–H groups in total. The fourth-order valence-corrected chi connectivity index (χ4v) is 3.54. The molecule has 29 heavy (non-hydrogen) atoms. The van der Waals surface area contributed by atoms with Crippen molar-refractivity contribution in [1.82, 2.24) is 19.7 Å². The third kappa shape index (κ3) is 5.81. The number of hydrogen-bond donors (Lipinski definition) is 0. The summed E-state index contributed by atoms with van der Waals surface area (Å²) in [5, 5.41) is 0.733. The molecule has 0 aliphatic carbocycles. The lowest BCUT2D eigenvalue weighted by molar-refractivity contribution is 0.0658. The Morgan fingerprint density at radius 2 is 1.79 bits per heavy atom. The molecule has 1 aliphatic rings. The molecule has 2 heterocycles. The van der Waals surface area contributed by atoms with Crippen molar-refractivity contribution in [3.63, 3.8) is 0 Å². The molecule has 1 aromatic heterocycles. The molecule has 1 aliphatic heterocycles. The summed E-state index contributed by atoms with van der Waals surface area (Å²) in [4.78, 5) is 23.6. The van der Waals surface area contributed by atoms with Crippen LogP contribution in [0.25, 0.3) is 0 Å². The molecule has 0 bridgehead atoms. The Kier molecular flexibility index (Phi) is 7.33. The monoisotopic (exact) mass is 418 g/mol. The van der Waals surface area contributed by atoms with Crippen LogP contribution in [-0.2, 0) is 13.1 Å². The zero-order valence-electron chi connectivity index (χ0n) is 17.8. The Morgan fingerprint density at radius 3 is 2.41 bits per heavy atom. The molecular formula is C22H31ClN4O2. The van der Waals surface area contributed by atoms with E-state index >= 15 is 0 Å². The number of aromatic nitrogens is 1. The zero-order valence-corrected chi connectivity index (χ0v) is 18.5. The Labute approximate surface area is 178 Å². The van der Waals surface area contributed by atoms with Crippen molar-refractivity contribution in [1.29, 1.82) is 0 Å². The highest BCUT2D eigenvalue weighted by molar-refractivity contribution is 6.30. The van der Waals surface area contributed by atoms with E-state index in [2.05, 4.69) is 42.6 Å². The number of benzene rings is 1. The van der Waals surface area contributed by atoms with Gasteiger partial charge in [0.15, 0.2) is 5.69 Å². The molecule has 158 valence electrons. The van der Waals surface area contributed by atoms with E-state index in [0.29, 0.717) is 30.1 Å². The number of carbonyl (C=O) groups excluding carboxylic acids is 1. The van der Waals surface area contributed by atoms with E-state index < -0.39 is 0 Å². The van der Waals surface area contributed by atoms with E-state index in [4.69, 9.17) is 16.0 Å². The van der Waals surface area contributed by atoms with Crippen LogP contribution in [0.1, 0.15) is 42.7 Å². The van der Waals surface area contributed by atoms with Crippen LogP contribution in [-0.4, -0.2) is 64.9 Å². The van der Waals surface area contributed by atoms with Crippen LogP contribution in [0, 0.1) is 5.92 Å². The van der Waals surface area contributed by atoms with Crippen molar-refractivity contribution in [3.05, 3.63) is 52.7 Å². The highest BCUT2D eigenvalue weighted by atomic mass is 35.5. The van der Waals surface area contributed by atoms with Gasteiger partial charge in [0.05, 0.1) is 6.54 Å². The van der Waals surface area contributed by atoms with Crippen molar-refractivity contribution in [3.8, 4) is 0 Å². The Bertz CT molecular complexity index is 797. The van der Waals surface area contributed by atoms with Crippen LogP contribution in [0.5, 0.6) is 0 Å². The van der Waals surface area contributed by atoms with Crippen LogP contribution in [0.3, 0.4) is 0 Å². The summed E-state index contributed by atoms with van der Waals surface area (Å²) in [5.74, 6) is 1.00. The van der Waals surface area contributed by atoms with E-state index in [1.807, 2.05) is 29.2 Å². The van der Waals surface area contributed by atoms with Gasteiger partial charge in [-0.05, 0) is 37.6 Å². The predicted octanol–water partition coefficient (Wildman–Crippen LogP) is 3.76. The lowest BCUT2D eigenvalue weighted by Crippen LogP contribution is -2.47. The summed E-state index contributed by atoms with van der Waals surface area (Å²) in [7, 11) is 2.07. The number of hydrogen-bond acceptors (Lipinski definition) is 5. The second kappa shape index (κ2) is 9.74. The molecule has 1 fully saturated rings. The zero-order chi connectivity index (χ0) is 21.0. The molecule has 0 radical (unpaired) electrons. The van der Waals surface area contributed by atoms with Crippen molar-refractivity contribution < 1.29 is 9.21 Å².